The number of carboxylic acids is 1. The smallest absolute Gasteiger partial charge is 0.411 e. The van der Waals surface area contributed by atoms with Gasteiger partial charge in [0.05, 0.1) is 0 Å². The predicted octanol–water partition coefficient (Wildman–Crippen LogP) is 4.66. The summed E-state index contributed by atoms with van der Waals surface area (Å²) in [6.45, 7) is 5.55. The van der Waals surface area contributed by atoms with Gasteiger partial charge in [-0.05, 0) is 51.0 Å². The molecule has 6 nitrogen and oxygen atoms in total. The summed E-state index contributed by atoms with van der Waals surface area (Å²) in [7, 11) is 0. The van der Waals surface area contributed by atoms with E-state index in [1.54, 1.807) is 20.8 Å². The number of carbonyl (C=O) groups excluding carboxylic acids is 1. The topological polar surface area (TPSA) is 76.1 Å². The van der Waals surface area contributed by atoms with Crippen LogP contribution in [0.5, 0.6) is 11.5 Å². The van der Waals surface area contributed by atoms with Crippen molar-refractivity contribution in [1.82, 2.24) is 4.90 Å². The van der Waals surface area contributed by atoms with Gasteiger partial charge >= 0.3 is 12.1 Å². The lowest BCUT2D eigenvalue weighted by Crippen LogP contribution is -2.43. The highest BCUT2D eigenvalue weighted by atomic mass is 16.6. The van der Waals surface area contributed by atoms with Gasteiger partial charge in [-0.15, -0.1) is 0 Å². The maximum absolute atomic E-state index is 12.5. The van der Waals surface area contributed by atoms with Gasteiger partial charge in [0.15, 0.2) is 0 Å². The molecule has 2 atom stereocenters. The van der Waals surface area contributed by atoms with E-state index in [9.17, 15) is 14.7 Å². The number of para-hydroxylation sites is 2. The van der Waals surface area contributed by atoms with Gasteiger partial charge in [-0.25, -0.2) is 9.59 Å². The lowest BCUT2D eigenvalue weighted by molar-refractivity contribution is -0.142. The van der Waals surface area contributed by atoms with E-state index in [1.807, 2.05) is 54.6 Å². The van der Waals surface area contributed by atoms with E-state index in [-0.39, 0.29) is 12.5 Å². The monoisotopic (exact) mass is 383 g/mol. The highest BCUT2D eigenvalue weighted by molar-refractivity contribution is 5.81. The summed E-state index contributed by atoms with van der Waals surface area (Å²) >= 11 is 0. The Morgan fingerprint density at radius 1 is 1.04 bits per heavy atom. The third kappa shape index (κ3) is 4.63. The van der Waals surface area contributed by atoms with Crippen LogP contribution < -0.4 is 4.74 Å². The highest BCUT2D eigenvalue weighted by Crippen LogP contribution is 2.38. The van der Waals surface area contributed by atoms with Crippen LogP contribution in [0.1, 0.15) is 38.7 Å². The number of amides is 1. The average molecular weight is 383 g/mol. The van der Waals surface area contributed by atoms with Crippen LogP contribution in [-0.2, 0) is 9.53 Å². The van der Waals surface area contributed by atoms with Gasteiger partial charge in [0.1, 0.15) is 23.1 Å². The maximum Gasteiger partial charge on any atom is 0.411 e. The number of hydrogen-bond acceptors (Lipinski definition) is 4. The third-order valence-corrected chi connectivity index (χ3v) is 4.54. The van der Waals surface area contributed by atoms with Crippen LogP contribution in [0.4, 0.5) is 4.79 Å². The molecule has 0 spiro atoms. The minimum atomic E-state index is -1.03. The molecule has 0 radical (unpaired) electrons. The first-order valence-corrected chi connectivity index (χ1v) is 9.29. The van der Waals surface area contributed by atoms with E-state index in [1.165, 1.54) is 4.90 Å². The van der Waals surface area contributed by atoms with Crippen molar-refractivity contribution in [3.8, 4) is 11.5 Å². The Bertz CT molecular complexity index is 844. The molecular weight excluding hydrogens is 358 g/mol. The summed E-state index contributed by atoms with van der Waals surface area (Å²) in [4.78, 5) is 25.6. The Morgan fingerprint density at radius 3 is 2.32 bits per heavy atom. The normalized spacial score (nSPS) is 19.3. The largest absolute Gasteiger partial charge is 0.480 e. The molecule has 0 saturated carbocycles. The molecule has 2 aromatic carbocycles. The Morgan fingerprint density at radius 2 is 1.68 bits per heavy atom. The van der Waals surface area contributed by atoms with Crippen LogP contribution in [0.2, 0.25) is 0 Å². The second-order valence-corrected chi connectivity index (χ2v) is 7.87. The van der Waals surface area contributed by atoms with Crippen LogP contribution in [-0.4, -0.2) is 40.3 Å². The van der Waals surface area contributed by atoms with Crippen molar-refractivity contribution in [2.24, 2.45) is 0 Å². The molecule has 0 bridgehead atoms. The van der Waals surface area contributed by atoms with Crippen LogP contribution >= 0.6 is 0 Å². The fourth-order valence-electron chi connectivity index (χ4n) is 3.34. The van der Waals surface area contributed by atoms with Crippen molar-refractivity contribution in [1.29, 1.82) is 0 Å². The molecule has 1 saturated heterocycles. The molecule has 1 aliphatic heterocycles. The Hall–Kier alpha value is -3.02. The van der Waals surface area contributed by atoms with Gasteiger partial charge in [-0.1, -0.05) is 36.4 Å². The van der Waals surface area contributed by atoms with E-state index < -0.39 is 23.7 Å². The summed E-state index contributed by atoms with van der Waals surface area (Å²) in [6.07, 6.45) is -0.298. The Labute approximate surface area is 164 Å². The Balaban J connectivity index is 1.84. The molecule has 148 valence electrons. The molecule has 28 heavy (non-hydrogen) atoms. The molecule has 0 aliphatic carbocycles. The summed E-state index contributed by atoms with van der Waals surface area (Å²) in [5.41, 5.74) is 0.190. The Kier molecular flexibility index (Phi) is 5.58. The number of carboxylic acid groups (broad SMARTS) is 1. The zero-order valence-corrected chi connectivity index (χ0v) is 16.3. The van der Waals surface area contributed by atoms with Crippen molar-refractivity contribution in [2.75, 3.05) is 6.54 Å². The van der Waals surface area contributed by atoms with Crippen molar-refractivity contribution >= 4 is 12.1 Å². The summed E-state index contributed by atoms with van der Waals surface area (Å²) in [5, 5.41) is 9.62. The molecule has 6 heteroatoms. The second-order valence-electron chi connectivity index (χ2n) is 7.87. The zero-order valence-electron chi connectivity index (χ0n) is 16.3. The van der Waals surface area contributed by atoms with Crippen molar-refractivity contribution < 1.29 is 24.2 Å². The van der Waals surface area contributed by atoms with E-state index >= 15 is 0 Å². The van der Waals surface area contributed by atoms with Crippen molar-refractivity contribution in [3.05, 3.63) is 60.2 Å². The fraction of sp³-hybridized carbons (Fsp3) is 0.364. The zero-order chi connectivity index (χ0) is 20.3. The number of likely N-dealkylation sites (tertiary alicyclic amines) is 1. The molecule has 2 aromatic rings. The highest BCUT2D eigenvalue weighted by Gasteiger charge is 2.42. The minimum absolute atomic E-state index is 0.159. The number of hydrogen-bond donors (Lipinski definition) is 1. The quantitative estimate of drug-likeness (QED) is 0.831. The maximum atomic E-state index is 12.5. The fourth-order valence-corrected chi connectivity index (χ4v) is 3.34. The van der Waals surface area contributed by atoms with E-state index in [0.717, 1.165) is 5.56 Å². The lowest BCUT2D eigenvalue weighted by Gasteiger charge is -2.26. The SMILES string of the molecule is CC(C)(C)OC(=O)N1C[C@@H](c2ccccc2Oc2ccccc2)C[C@H]1C(=O)O. The van der Waals surface area contributed by atoms with E-state index in [0.29, 0.717) is 17.9 Å². The predicted molar refractivity (Wildman–Crippen MR) is 105 cm³/mol. The van der Waals surface area contributed by atoms with Crippen molar-refractivity contribution in [3.63, 3.8) is 0 Å². The molecule has 3 rings (SSSR count). The first-order valence-electron chi connectivity index (χ1n) is 9.29. The summed E-state index contributed by atoms with van der Waals surface area (Å²) < 4.78 is 11.4. The molecule has 0 unspecified atom stereocenters. The second kappa shape index (κ2) is 7.92. The standard InChI is InChI=1S/C22H25NO5/c1-22(2,3)28-21(26)23-14-15(13-18(23)20(24)25)17-11-7-8-12-19(17)27-16-9-5-4-6-10-16/h4-12,15,18H,13-14H2,1-3H3,(H,24,25)/t15-,18-/m0/s1. The molecule has 1 N–H and O–H groups in total. The molecule has 1 aliphatic rings. The number of benzene rings is 2. The first kappa shape index (κ1) is 19.7. The molecular formula is C22H25NO5. The van der Waals surface area contributed by atoms with Crippen LogP contribution in [0.15, 0.2) is 54.6 Å². The van der Waals surface area contributed by atoms with Gasteiger partial charge in [0.2, 0.25) is 0 Å². The number of nitrogens with zero attached hydrogens (tertiary/aromatic N) is 1. The van der Waals surface area contributed by atoms with E-state index in [4.69, 9.17) is 9.47 Å². The summed E-state index contributed by atoms with van der Waals surface area (Å²) in [5.74, 6) is 0.170. The number of rotatable bonds is 4. The lowest BCUT2D eigenvalue weighted by atomic mass is 9.95. The molecule has 0 aromatic heterocycles. The molecule has 1 amide bonds. The third-order valence-electron chi connectivity index (χ3n) is 4.54. The van der Waals surface area contributed by atoms with Crippen LogP contribution in [0.25, 0.3) is 0 Å². The van der Waals surface area contributed by atoms with Gasteiger partial charge in [-0.2, -0.15) is 0 Å². The van der Waals surface area contributed by atoms with Gasteiger partial charge in [0, 0.05) is 12.5 Å². The summed E-state index contributed by atoms with van der Waals surface area (Å²) in [6, 6.07) is 16.0. The number of aliphatic carboxylic acids is 1. The first-order chi connectivity index (χ1) is 13.2. The van der Waals surface area contributed by atoms with Gasteiger partial charge in [0.25, 0.3) is 0 Å². The average Bonchev–Trinajstić information content (AvgIpc) is 3.07. The molecule has 1 fully saturated rings. The van der Waals surface area contributed by atoms with E-state index in [2.05, 4.69) is 0 Å². The van der Waals surface area contributed by atoms with Gasteiger partial charge in [-0.3, -0.25) is 4.90 Å². The van der Waals surface area contributed by atoms with Gasteiger partial charge < -0.3 is 14.6 Å². The number of carbonyl (C=O) groups is 2. The van der Waals surface area contributed by atoms with Crippen LogP contribution in [0, 0.1) is 0 Å². The van der Waals surface area contributed by atoms with Crippen LogP contribution in [0.3, 0.4) is 0 Å². The van der Waals surface area contributed by atoms with Crippen molar-refractivity contribution in [2.45, 2.75) is 44.8 Å². The molecule has 1 heterocycles. The minimum Gasteiger partial charge on any atom is -0.480 e. The number of ether oxygens (including phenoxy) is 2.